The first-order chi connectivity index (χ1) is 19.4. The summed E-state index contributed by atoms with van der Waals surface area (Å²) in [6.07, 6.45) is 1.82. The summed E-state index contributed by atoms with van der Waals surface area (Å²) < 4.78 is 5.66. The molecule has 2 heterocycles. The van der Waals surface area contributed by atoms with Gasteiger partial charge in [-0.25, -0.2) is 9.59 Å². The smallest absolute Gasteiger partial charge is 0.440 e. The van der Waals surface area contributed by atoms with Crippen LogP contribution in [-0.2, 0) is 19.1 Å². The minimum atomic E-state index is -1.18. The van der Waals surface area contributed by atoms with Gasteiger partial charge in [0.15, 0.2) is 11.5 Å². The highest BCUT2D eigenvalue weighted by molar-refractivity contribution is 8.01. The molecule has 5 fully saturated rings. The van der Waals surface area contributed by atoms with Gasteiger partial charge in [-0.2, -0.15) is 0 Å². The van der Waals surface area contributed by atoms with E-state index in [1.165, 1.54) is 16.7 Å². The van der Waals surface area contributed by atoms with Crippen molar-refractivity contribution in [2.45, 2.75) is 75.3 Å². The van der Waals surface area contributed by atoms with Gasteiger partial charge in [-0.15, -0.1) is 23.4 Å². The van der Waals surface area contributed by atoms with E-state index in [0.717, 1.165) is 24.0 Å². The number of carbonyl (C=O) groups is 3. The van der Waals surface area contributed by atoms with Gasteiger partial charge in [-0.3, -0.25) is 4.79 Å². The van der Waals surface area contributed by atoms with Crippen LogP contribution < -0.4 is 0 Å². The van der Waals surface area contributed by atoms with Crippen molar-refractivity contribution in [3.05, 3.63) is 76.7 Å². The van der Waals surface area contributed by atoms with Crippen molar-refractivity contribution in [1.29, 1.82) is 0 Å². The molecule has 41 heavy (non-hydrogen) atoms. The third-order valence-electron chi connectivity index (χ3n) is 10.4. The van der Waals surface area contributed by atoms with E-state index in [-0.39, 0.29) is 17.2 Å². The lowest BCUT2D eigenvalue weighted by Crippen LogP contribution is -2.71. The Morgan fingerprint density at radius 1 is 1.05 bits per heavy atom. The number of hydrogen-bond acceptors (Lipinski definition) is 6. The number of alkyl halides is 1. The number of nitrogens with zero attached hydrogens (tertiary/aromatic N) is 2. The summed E-state index contributed by atoms with van der Waals surface area (Å²) in [6.45, 7) is 8.06. The third kappa shape index (κ3) is 4.19. The highest BCUT2D eigenvalue weighted by atomic mass is 35.5. The molecule has 2 saturated heterocycles. The molecule has 3 saturated carbocycles. The van der Waals surface area contributed by atoms with Crippen LogP contribution in [0.2, 0.25) is 0 Å². The first-order valence-electron chi connectivity index (χ1n) is 14.3. The van der Waals surface area contributed by atoms with Crippen LogP contribution in [0, 0.1) is 27.6 Å². The predicted molar refractivity (Wildman–Crippen MR) is 157 cm³/mol. The average Bonchev–Trinajstić information content (AvgIpc) is 3.25. The van der Waals surface area contributed by atoms with E-state index in [4.69, 9.17) is 16.3 Å². The van der Waals surface area contributed by atoms with Gasteiger partial charge < -0.3 is 9.64 Å². The topological polar surface area (TPSA) is 83.8 Å². The Bertz CT molecular complexity index is 1360. The highest BCUT2D eigenvalue weighted by Gasteiger charge is 2.74. The zero-order valence-electron chi connectivity index (χ0n) is 23.8. The molecule has 2 bridgehead atoms. The van der Waals surface area contributed by atoms with Gasteiger partial charge >= 0.3 is 23.8 Å². The number of thioether (sulfide) groups is 1. The Morgan fingerprint density at radius 3 is 2.15 bits per heavy atom. The summed E-state index contributed by atoms with van der Waals surface area (Å²) in [6, 6.07) is 16.7. The highest BCUT2D eigenvalue weighted by Crippen LogP contribution is 2.66. The second-order valence-corrected chi connectivity index (χ2v) is 15.0. The Morgan fingerprint density at radius 2 is 1.63 bits per heavy atom. The number of ether oxygens (including phenoxy) is 1. The van der Waals surface area contributed by atoms with Gasteiger partial charge in [0.1, 0.15) is 11.5 Å². The van der Waals surface area contributed by atoms with E-state index in [9.17, 15) is 19.3 Å². The lowest BCUT2D eigenvalue weighted by molar-refractivity contribution is -0.518. The van der Waals surface area contributed by atoms with Crippen LogP contribution in [0.5, 0.6) is 0 Å². The molecule has 0 spiro atoms. The first-order valence-corrected chi connectivity index (χ1v) is 15.7. The van der Waals surface area contributed by atoms with Crippen molar-refractivity contribution in [1.82, 2.24) is 4.90 Å². The number of nitroso groups, excluding NO2 is 1. The van der Waals surface area contributed by atoms with Crippen molar-refractivity contribution < 1.29 is 23.9 Å². The SMILES string of the molecule is CC1(C(=O)[N+](=O)[C@@H]2C(=O)N3[C@@H](C(=O)OC(c4ccccc4)c4ccccc4)[C@](C)(CCl)S[C@@H]23)CCC2CC1C2(C)C. The number of β-lactam (4-membered cyclic amide) rings is 1. The third-order valence-corrected chi connectivity index (χ3v) is 12.8. The second kappa shape index (κ2) is 9.94. The Kier molecular flexibility index (Phi) is 6.89. The number of rotatable bonds is 7. The maximum atomic E-state index is 13.9. The number of halogens is 1. The van der Waals surface area contributed by atoms with Crippen LogP contribution >= 0.6 is 23.4 Å². The van der Waals surface area contributed by atoms with Crippen LogP contribution in [0.25, 0.3) is 0 Å². The zero-order chi connectivity index (χ0) is 29.3. The van der Waals surface area contributed by atoms with E-state index >= 15 is 0 Å². The van der Waals surface area contributed by atoms with Crippen LogP contribution in [-0.4, -0.2) is 55.5 Å². The molecular formula is C32H36ClN2O5S+. The van der Waals surface area contributed by atoms with Gasteiger partial charge in [-0.1, -0.05) is 74.5 Å². The second-order valence-electron chi connectivity index (χ2n) is 13.1. The lowest BCUT2D eigenvalue weighted by atomic mass is 9.41. The molecule has 0 N–H and O–H groups in total. The molecule has 2 aromatic carbocycles. The lowest BCUT2D eigenvalue weighted by Gasteiger charge is -2.62. The molecule has 9 heteroatoms. The van der Waals surface area contributed by atoms with Crippen molar-refractivity contribution in [2.75, 3.05) is 5.88 Å². The molecule has 0 aromatic heterocycles. The maximum absolute atomic E-state index is 13.9. The molecule has 7 atom stereocenters. The van der Waals surface area contributed by atoms with Crippen LogP contribution in [0.3, 0.4) is 0 Å². The molecule has 3 aliphatic carbocycles. The number of carbonyl (C=O) groups excluding carboxylic acids is 3. The fourth-order valence-electron chi connectivity index (χ4n) is 7.82. The summed E-state index contributed by atoms with van der Waals surface area (Å²) in [4.78, 5) is 56.3. The average molecular weight is 596 g/mol. The fraction of sp³-hybridized carbons (Fsp3) is 0.531. The van der Waals surface area contributed by atoms with Gasteiger partial charge in [0.05, 0.1) is 9.51 Å². The molecule has 7 rings (SSSR count). The van der Waals surface area contributed by atoms with Gasteiger partial charge in [0.2, 0.25) is 0 Å². The zero-order valence-corrected chi connectivity index (χ0v) is 25.4. The van der Waals surface area contributed by atoms with E-state index in [1.807, 2.05) is 74.5 Å². The van der Waals surface area contributed by atoms with Crippen molar-refractivity contribution in [3.63, 3.8) is 0 Å². The number of hydrogen-bond donors (Lipinski definition) is 0. The minimum Gasteiger partial charge on any atom is -0.451 e. The molecule has 2 amide bonds. The summed E-state index contributed by atoms with van der Waals surface area (Å²) >= 11 is 7.74. The molecule has 5 aliphatic rings. The summed E-state index contributed by atoms with van der Waals surface area (Å²) in [5.41, 5.74) is 0.804. The molecule has 0 radical (unpaired) electrons. The number of esters is 1. The quantitative estimate of drug-likeness (QED) is 0.176. The molecule has 2 aliphatic heterocycles. The summed E-state index contributed by atoms with van der Waals surface area (Å²) in [5.74, 6) is -0.871. The number of benzene rings is 2. The molecule has 216 valence electrons. The normalized spacial score (nSPS) is 34.8. The van der Waals surface area contributed by atoms with E-state index in [2.05, 4.69) is 13.8 Å². The van der Waals surface area contributed by atoms with Crippen molar-refractivity contribution in [3.8, 4) is 0 Å². The monoisotopic (exact) mass is 595 g/mol. The fourth-order valence-corrected chi connectivity index (χ4v) is 9.80. The Balaban J connectivity index is 1.24. The van der Waals surface area contributed by atoms with Crippen LogP contribution in [0.1, 0.15) is 64.2 Å². The van der Waals surface area contributed by atoms with E-state index in [1.54, 1.807) is 0 Å². The molecular weight excluding hydrogens is 560 g/mol. The minimum absolute atomic E-state index is 0.00135. The van der Waals surface area contributed by atoms with Crippen LogP contribution in [0.15, 0.2) is 60.7 Å². The van der Waals surface area contributed by atoms with Gasteiger partial charge in [0, 0.05) is 10.8 Å². The standard InChI is InChI=1S/C32H36ClN2O5S/c1-30(2)21-15-16-31(3,22(30)17-21)29(38)35(39)23-26(36)34-25(32(4,18-33)41-27(23)34)28(37)40-24(19-11-7-5-8-12-19)20-13-9-6-10-14-20/h5-14,21-25,27H,15-18H2,1-4H3/q+1/t21?,22?,23-,25+,27+,31?,32+/m1/s1. The maximum Gasteiger partial charge on any atom is 0.440 e. The summed E-state index contributed by atoms with van der Waals surface area (Å²) in [5, 5.41) is -0.661. The van der Waals surface area contributed by atoms with Gasteiger partial charge in [0.25, 0.3) is 0 Å². The largest absolute Gasteiger partial charge is 0.451 e. The van der Waals surface area contributed by atoms with Crippen molar-refractivity contribution >= 4 is 41.1 Å². The predicted octanol–water partition coefficient (Wildman–Crippen LogP) is 5.74. The van der Waals surface area contributed by atoms with Gasteiger partial charge in [-0.05, 0) is 61.5 Å². The van der Waals surface area contributed by atoms with E-state index < -0.39 is 51.5 Å². The van der Waals surface area contributed by atoms with E-state index in [0.29, 0.717) is 17.1 Å². The first kappa shape index (κ1) is 28.4. The molecule has 3 unspecified atom stereocenters. The molecule has 2 aromatic rings. The van der Waals surface area contributed by atoms with Crippen LogP contribution in [0.4, 0.5) is 0 Å². The number of amides is 2. The Hall–Kier alpha value is -2.71. The molecule has 7 nitrogen and oxygen atoms in total. The number of fused-ring (bicyclic) bond motifs is 3. The summed E-state index contributed by atoms with van der Waals surface area (Å²) in [7, 11) is 0. The van der Waals surface area contributed by atoms with Crippen molar-refractivity contribution in [2.24, 2.45) is 22.7 Å². The Labute approximate surface area is 249 Å².